The number of ether oxygens (including phenoxy) is 1. The Balaban J connectivity index is 2.06. The molecule has 2 rings (SSSR count). The standard InChI is InChI=1S/C13H19NO/c1-9(2)8-15-13-4-3-10-5-12(14)6-11(10)7-13/h3-4,7,9,12H,5-6,8,14H2,1-2H3. The highest BCUT2D eigenvalue weighted by Crippen LogP contribution is 2.25. The lowest BCUT2D eigenvalue weighted by Gasteiger charge is -2.09. The molecule has 0 aromatic heterocycles. The maximum Gasteiger partial charge on any atom is 0.119 e. The molecule has 82 valence electrons. The monoisotopic (exact) mass is 205 g/mol. The zero-order valence-corrected chi connectivity index (χ0v) is 9.49. The summed E-state index contributed by atoms with van der Waals surface area (Å²) in [5.41, 5.74) is 8.67. The highest BCUT2D eigenvalue weighted by Gasteiger charge is 2.18. The van der Waals surface area contributed by atoms with E-state index in [1.807, 2.05) is 0 Å². The summed E-state index contributed by atoms with van der Waals surface area (Å²) in [5.74, 6) is 1.55. The number of benzene rings is 1. The molecule has 1 aliphatic rings. The number of nitrogens with two attached hydrogens (primary N) is 1. The van der Waals surface area contributed by atoms with Gasteiger partial charge in [0.15, 0.2) is 0 Å². The lowest BCUT2D eigenvalue weighted by molar-refractivity contribution is 0.271. The van der Waals surface area contributed by atoms with E-state index in [1.165, 1.54) is 11.1 Å². The van der Waals surface area contributed by atoms with Crippen molar-refractivity contribution in [3.8, 4) is 5.75 Å². The molecular formula is C13H19NO. The highest BCUT2D eigenvalue weighted by atomic mass is 16.5. The van der Waals surface area contributed by atoms with E-state index in [4.69, 9.17) is 10.5 Å². The number of hydrogen-bond acceptors (Lipinski definition) is 2. The molecule has 0 fully saturated rings. The summed E-state index contributed by atoms with van der Waals surface area (Å²) in [7, 11) is 0. The third kappa shape index (κ3) is 2.51. The molecule has 0 saturated carbocycles. The third-order valence-corrected chi connectivity index (χ3v) is 2.73. The number of fused-ring (bicyclic) bond motifs is 1. The molecule has 1 unspecified atom stereocenters. The minimum absolute atomic E-state index is 0.306. The Kier molecular flexibility index (Phi) is 2.96. The van der Waals surface area contributed by atoms with E-state index < -0.39 is 0 Å². The lowest BCUT2D eigenvalue weighted by atomic mass is 10.1. The zero-order chi connectivity index (χ0) is 10.8. The van der Waals surface area contributed by atoms with Crippen molar-refractivity contribution in [3.05, 3.63) is 29.3 Å². The van der Waals surface area contributed by atoms with Crippen LogP contribution in [0.25, 0.3) is 0 Å². The molecule has 15 heavy (non-hydrogen) atoms. The molecule has 0 spiro atoms. The van der Waals surface area contributed by atoms with E-state index in [9.17, 15) is 0 Å². The Morgan fingerprint density at radius 1 is 1.33 bits per heavy atom. The summed E-state index contributed by atoms with van der Waals surface area (Å²) in [6.07, 6.45) is 2.01. The molecule has 2 N–H and O–H groups in total. The first-order valence-corrected chi connectivity index (χ1v) is 5.65. The normalized spacial score (nSPS) is 19.3. The van der Waals surface area contributed by atoms with Crippen LogP contribution in [-0.2, 0) is 12.8 Å². The molecule has 0 aliphatic heterocycles. The van der Waals surface area contributed by atoms with E-state index in [-0.39, 0.29) is 0 Å². The second-order valence-electron chi connectivity index (χ2n) is 4.80. The van der Waals surface area contributed by atoms with Gasteiger partial charge in [-0.1, -0.05) is 19.9 Å². The second kappa shape index (κ2) is 4.23. The first-order valence-electron chi connectivity index (χ1n) is 5.65. The number of hydrogen-bond donors (Lipinski definition) is 1. The van der Waals surface area contributed by atoms with Crippen molar-refractivity contribution in [1.82, 2.24) is 0 Å². The fourth-order valence-corrected chi connectivity index (χ4v) is 1.98. The van der Waals surface area contributed by atoms with Gasteiger partial charge in [-0.2, -0.15) is 0 Å². The number of rotatable bonds is 3. The van der Waals surface area contributed by atoms with Gasteiger partial charge in [0, 0.05) is 6.04 Å². The quantitative estimate of drug-likeness (QED) is 0.820. The molecule has 2 heteroatoms. The van der Waals surface area contributed by atoms with Crippen molar-refractivity contribution < 1.29 is 4.74 Å². The predicted octanol–water partition coefficient (Wildman–Crippen LogP) is 2.15. The van der Waals surface area contributed by atoms with Crippen LogP contribution >= 0.6 is 0 Å². The smallest absolute Gasteiger partial charge is 0.119 e. The molecule has 0 bridgehead atoms. The van der Waals surface area contributed by atoms with Crippen LogP contribution in [0.2, 0.25) is 0 Å². The van der Waals surface area contributed by atoms with E-state index in [0.717, 1.165) is 25.2 Å². The van der Waals surface area contributed by atoms with Crippen molar-refractivity contribution in [3.63, 3.8) is 0 Å². The van der Waals surface area contributed by atoms with Crippen molar-refractivity contribution >= 4 is 0 Å². The molecule has 1 aromatic rings. The molecule has 2 nitrogen and oxygen atoms in total. The maximum absolute atomic E-state index is 5.92. The van der Waals surface area contributed by atoms with Crippen LogP contribution < -0.4 is 10.5 Å². The van der Waals surface area contributed by atoms with Gasteiger partial charge in [-0.3, -0.25) is 0 Å². The van der Waals surface area contributed by atoms with Gasteiger partial charge in [0.2, 0.25) is 0 Å². The first-order chi connectivity index (χ1) is 7.15. The highest BCUT2D eigenvalue weighted by molar-refractivity contribution is 5.39. The van der Waals surface area contributed by atoms with Gasteiger partial charge >= 0.3 is 0 Å². The van der Waals surface area contributed by atoms with Crippen molar-refractivity contribution in [2.24, 2.45) is 11.7 Å². The average Bonchev–Trinajstić information content (AvgIpc) is 2.53. The van der Waals surface area contributed by atoms with Crippen LogP contribution in [0.3, 0.4) is 0 Å². The fourth-order valence-electron chi connectivity index (χ4n) is 1.98. The molecule has 0 amide bonds. The summed E-state index contributed by atoms with van der Waals surface area (Å²) in [6, 6.07) is 6.65. The summed E-state index contributed by atoms with van der Waals surface area (Å²) in [6.45, 7) is 5.09. The Morgan fingerprint density at radius 3 is 2.80 bits per heavy atom. The van der Waals surface area contributed by atoms with Gasteiger partial charge < -0.3 is 10.5 Å². The van der Waals surface area contributed by atoms with Crippen LogP contribution in [0.15, 0.2) is 18.2 Å². The summed E-state index contributed by atoms with van der Waals surface area (Å²) >= 11 is 0. The largest absolute Gasteiger partial charge is 0.493 e. The van der Waals surface area contributed by atoms with Crippen molar-refractivity contribution in [2.75, 3.05) is 6.61 Å². The van der Waals surface area contributed by atoms with Crippen LogP contribution in [-0.4, -0.2) is 12.6 Å². The van der Waals surface area contributed by atoms with Gasteiger partial charge in [-0.15, -0.1) is 0 Å². The molecule has 0 heterocycles. The molecule has 1 aliphatic carbocycles. The van der Waals surface area contributed by atoms with Crippen LogP contribution in [0.5, 0.6) is 5.75 Å². The van der Waals surface area contributed by atoms with Crippen LogP contribution in [0.1, 0.15) is 25.0 Å². The second-order valence-corrected chi connectivity index (χ2v) is 4.80. The zero-order valence-electron chi connectivity index (χ0n) is 9.49. The molecule has 0 saturated heterocycles. The molecule has 1 atom stereocenters. The van der Waals surface area contributed by atoms with Gasteiger partial charge in [0.1, 0.15) is 5.75 Å². The van der Waals surface area contributed by atoms with Gasteiger partial charge in [0.05, 0.1) is 6.61 Å². The minimum atomic E-state index is 0.306. The Morgan fingerprint density at radius 2 is 2.07 bits per heavy atom. The third-order valence-electron chi connectivity index (χ3n) is 2.73. The molecular weight excluding hydrogens is 186 g/mol. The topological polar surface area (TPSA) is 35.2 Å². The van der Waals surface area contributed by atoms with E-state index in [2.05, 4.69) is 32.0 Å². The molecule has 1 aromatic carbocycles. The van der Waals surface area contributed by atoms with Gasteiger partial charge in [0.25, 0.3) is 0 Å². The Bertz CT molecular complexity index is 346. The first kappa shape index (κ1) is 10.5. The van der Waals surface area contributed by atoms with Gasteiger partial charge in [-0.05, 0) is 42.0 Å². The predicted molar refractivity (Wildman–Crippen MR) is 62.2 cm³/mol. The summed E-state index contributed by atoms with van der Waals surface area (Å²) in [5, 5.41) is 0. The Labute approximate surface area is 91.4 Å². The Hall–Kier alpha value is -1.02. The average molecular weight is 205 g/mol. The lowest BCUT2D eigenvalue weighted by Crippen LogP contribution is -2.18. The van der Waals surface area contributed by atoms with Crippen LogP contribution in [0, 0.1) is 5.92 Å². The minimum Gasteiger partial charge on any atom is -0.493 e. The van der Waals surface area contributed by atoms with E-state index in [1.54, 1.807) is 0 Å². The summed E-state index contributed by atoms with van der Waals surface area (Å²) in [4.78, 5) is 0. The fraction of sp³-hybridized carbons (Fsp3) is 0.538. The maximum atomic E-state index is 5.92. The van der Waals surface area contributed by atoms with Gasteiger partial charge in [-0.25, -0.2) is 0 Å². The van der Waals surface area contributed by atoms with Crippen molar-refractivity contribution in [1.29, 1.82) is 0 Å². The molecule has 0 radical (unpaired) electrons. The van der Waals surface area contributed by atoms with Crippen molar-refractivity contribution in [2.45, 2.75) is 32.7 Å². The van der Waals surface area contributed by atoms with Crippen LogP contribution in [0.4, 0.5) is 0 Å². The van der Waals surface area contributed by atoms with E-state index in [0.29, 0.717) is 12.0 Å². The van der Waals surface area contributed by atoms with E-state index >= 15 is 0 Å². The summed E-state index contributed by atoms with van der Waals surface area (Å²) < 4.78 is 5.69. The SMILES string of the molecule is CC(C)COc1ccc2c(c1)CC(N)C2.